The summed E-state index contributed by atoms with van der Waals surface area (Å²) in [4.78, 5) is 4.77. The minimum atomic E-state index is 0.834. The number of piperazine rings is 1. The van der Waals surface area contributed by atoms with Crippen molar-refractivity contribution in [2.24, 2.45) is 0 Å². The average molecular weight is 372 g/mol. The second kappa shape index (κ2) is 8.64. The quantitative estimate of drug-likeness (QED) is 0.816. The molecule has 1 aromatic heterocycles. The Hall–Kier alpha value is -1.92. The first kappa shape index (κ1) is 18.9. The standard InChI is InChI=1S/C20H29N5S/c1-4-17-8-6-7-9-19(17)22-20(26)24-12-10-23(11-13-24)15-18-14-21-25(5-2)16(18)3/h6-9,14H,4-5,10-13,15H2,1-3H3,(H,22,26). The van der Waals surface area contributed by atoms with Crippen LogP contribution in [0.4, 0.5) is 5.69 Å². The zero-order valence-corrected chi connectivity index (χ0v) is 16.9. The lowest BCUT2D eigenvalue weighted by Crippen LogP contribution is -2.49. The van der Waals surface area contributed by atoms with E-state index in [1.54, 1.807) is 0 Å². The summed E-state index contributed by atoms with van der Waals surface area (Å²) in [5.74, 6) is 0. The van der Waals surface area contributed by atoms with E-state index in [-0.39, 0.29) is 0 Å². The Morgan fingerprint density at radius 3 is 2.50 bits per heavy atom. The molecule has 26 heavy (non-hydrogen) atoms. The summed E-state index contributed by atoms with van der Waals surface area (Å²) in [6.45, 7) is 12.3. The van der Waals surface area contributed by atoms with Gasteiger partial charge in [-0.05, 0) is 44.1 Å². The Labute approximate surface area is 162 Å². The van der Waals surface area contributed by atoms with Crippen LogP contribution in [0.15, 0.2) is 30.5 Å². The molecule has 0 spiro atoms. The van der Waals surface area contributed by atoms with Gasteiger partial charge in [0.25, 0.3) is 0 Å². The normalized spacial score (nSPS) is 15.3. The lowest BCUT2D eigenvalue weighted by atomic mass is 10.1. The fourth-order valence-corrected chi connectivity index (χ4v) is 3.75. The molecule has 3 rings (SSSR count). The van der Waals surface area contributed by atoms with Gasteiger partial charge in [0.1, 0.15) is 0 Å². The summed E-state index contributed by atoms with van der Waals surface area (Å²) >= 11 is 5.65. The van der Waals surface area contributed by atoms with E-state index in [1.165, 1.54) is 16.8 Å². The first-order chi connectivity index (χ1) is 12.6. The van der Waals surface area contributed by atoms with Gasteiger partial charge in [-0.1, -0.05) is 25.1 Å². The van der Waals surface area contributed by atoms with E-state index >= 15 is 0 Å². The van der Waals surface area contributed by atoms with E-state index in [9.17, 15) is 0 Å². The zero-order valence-electron chi connectivity index (χ0n) is 16.0. The van der Waals surface area contributed by atoms with Gasteiger partial charge in [0.15, 0.2) is 5.11 Å². The molecule has 0 unspecified atom stereocenters. The van der Waals surface area contributed by atoms with Crippen LogP contribution in [-0.4, -0.2) is 50.9 Å². The van der Waals surface area contributed by atoms with Crippen molar-refractivity contribution in [1.82, 2.24) is 19.6 Å². The van der Waals surface area contributed by atoms with Gasteiger partial charge in [0.05, 0.1) is 6.20 Å². The number of aryl methyl sites for hydroxylation is 2. The van der Waals surface area contributed by atoms with E-state index in [2.05, 4.69) is 69.9 Å². The number of hydrogen-bond donors (Lipinski definition) is 1. The highest BCUT2D eigenvalue weighted by Gasteiger charge is 2.20. The fourth-order valence-electron chi connectivity index (χ4n) is 3.45. The number of anilines is 1. The van der Waals surface area contributed by atoms with Gasteiger partial charge in [-0.3, -0.25) is 9.58 Å². The van der Waals surface area contributed by atoms with Crippen LogP contribution < -0.4 is 5.32 Å². The van der Waals surface area contributed by atoms with Crippen LogP contribution in [0.1, 0.15) is 30.7 Å². The number of thiocarbonyl (C=S) groups is 1. The summed E-state index contributed by atoms with van der Waals surface area (Å²) in [7, 11) is 0. The molecule has 140 valence electrons. The molecule has 1 aliphatic heterocycles. The molecule has 1 aromatic carbocycles. The van der Waals surface area contributed by atoms with Crippen molar-refractivity contribution in [1.29, 1.82) is 0 Å². The fraction of sp³-hybridized carbons (Fsp3) is 0.500. The number of hydrogen-bond acceptors (Lipinski definition) is 3. The van der Waals surface area contributed by atoms with E-state index in [1.807, 2.05) is 6.20 Å². The van der Waals surface area contributed by atoms with Crippen LogP contribution in [0.3, 0.4) is 0 Å². The zero-order chi connectivity index (χ0) is 18.5. The molecule has 1 aliphatic rings. The topological polar surface area (TPSA) is 36.3 Å². The Kier molecular flexibility index (Phi) is 6.27. The van der Waals surface area contributed by atoms with Crippen molar-refractivity contribution < 1.29 is 0 Å². The van der Waals surface area contributed by atoms with Crippen LogP contribution in [0, 0.1) is 6.92 Å². The first-order valence-electron chi connectivity index (χ1n) is 9.49. The van der Waals surface area contributed by atoms with Gasteiger partial charge in [-0.25, -0.2) is 0 Å². The SMILES string of the molecule is CCc1ccccc1NC(=S)N1CCN(Cc2cnn(CC)c2C)CC1. The predicted octanol–water partition coefficient (Wildman–Crippen LogP) is 3.29. The molecule has 0 radical (unpaired) electrons. The largest absolute Gasteiger partial charge is 0.346 e. The molecule has 0 atom stereocenters. The number of para-hydroxylation sites is 1. The Morgan fingerprint density at radius 1 is 1.12 bits per heavy atom. The maximum atomic E-state index is 5.65. The third-order valence-electron chi connectivity index (χ3n) is 5.20. The molecular weight excluding hydrogens is 342 g/mol. The number of nitrogens with zero attached hydrogens (tertiary/aromatic N) is 4. The van der Waals surface area contributed by atoms with E-state index < -0.39 is 0 Å². The van der Waals surface area contributed by atoms with Crippen molar-refractivity contribution in [2.75, 3.05) is 31.5 Å². The van der Waals surface area contributed by atoms with Crippen molar-refractivity contribution in [3.05, 3.63) is 47.3 Å². The van der Waals surface area contributed by atoms with Crippen LogP contribution in [0.2, 0.25) is 0 Å². The highest BCUT2D eigenvalue weighted by molar-refractivity contribution is 7.80. The monoisotopic (exact) mass is 371 g/mol. The summed E-state index contributed by atoms with van der Waals surface area (Å²) in [6, 6.07) is 8.40. The van der Waals surface area contributed by atoms with Gasteiger partial charge in [0.2, 0.25) is 0 Å². The maximum absolute atomic E-state index is 5.65. The Morgan fingerprint density at radius 2 is 1.85 bits per heavy atom. The van der Waals surface area contributed by atoms with Crippen molar-refractivity contribution in [3.8, 4) is 0 Å². The van der Waals surface area contributed by atoms with Gasteiger partial charge in [-0.15, -0.1) is 0 Å². The van der Waals surface area contributed by atoms with E-state index in [0.717, 1.165) is 56.5 Å². The predicted molar refractivity (Wildman–Crippen MR) is 112 cm³/mol. The lowest BCUT2D eigenvalue weighted by molar-refractivity contribution is 0.176. The van der Waals surface area contributed by atoms with Crippen molar-refractivity contribution in [2.45, 2.75) is 40.3 Å². The number of aromatic nitrogens is 2. The summed E-state index contributed by atoms with van der Waals surface area (Å²) < 4.78 is 2.07. The lowest BCUT2D eigenvalue weighted by Gasteiger charge is -2.36. The highest BCUT2D eigenvalue weighted by Crippen LogP contribution is 2.17. The van der Waals surface area contributed by atoms with E-state index in [0.29, 0.717) is 0 Å². The molecule has 2 aromatic rings. The van der Waals surface area contributed by atoms with Crippen LogP contribution in [-0.2, 0) is 19.5 Å². The molecule has 1 saturated heterocycles. The molecule has 1 fully saturated rings. The molecule has 0 saturated carbocycles. The van der Waals surface area contributed by atoms with Crippen molar-refractivity contribution in [3.63, 3.8) is 0 Å². The average Bonchev–Trinajstić information content (AvgIpc) is 3.02. The molecule has 0 aliphatic carbocycles. The summed E-state index contributed by atoms with van der Waals surface area (Å²) in [6.07, 6.45) is 3.02. The molecule has 0 amide bonds. The highest BCUT2D eigenvalue weighted by atomic mass is 32.1. The molecule has 5 nitrogen and oxygen atoms in total. The van der Waals surface area contributed by atoms with Crippen molar-refractivity contribution >= 4 is 23.0 Å². The molecule has 0 bridgehead atoms. The van der Waals surface area contributed by atoms with Gasteiger partial charge < -0.3 is 10.2 Å². The Bertz CT molecular complexity index is 746. The van der Waals surface area contributed by atoms with Gasteiger partial charge in [0, 0.05) is 56.2 Å². The summed E-state index contributed by atoms with van der Waals surface area (Å²) in [5, 5.41) is 8.73. The smallest absolute Gasteiger partial charge is 0.173 e. The van der Waals surface area contributed by atoms with Gasteiger partial charge >= 0.3 is 0 Å². The maximum Gasteiger partial charge on any atom is 0.173 e. The molecule has 2 heterocycles. The first-order valence-corrected chi connectivity index (χ1v) is 9.90. The minimum absolute atomic E-state index is 0.834. The summed E-state index contributed by atoms with van der Waals surface area (Å²) in [5.41, 5.74) is 5.04. The minimum Gasteiger partial charge on any atom is -0.346 e. The Balaban J connectivity index is 1.53. The molecular formula is C20H29N5S. The second-order valence-corrected chi connectivity index (χ2v) is 7.16. The number of nitrogens with one attached hydrogen (secondary N) is 1. The molecule has 1 N–H and O–H groups in total. The van der Waals surface area contributed by atoms with E-state index in [4.69, 9.17) is 12.2 Å². The van der Waals surface area contributed by atoms with Crippen LogP contribution in [0.25, 0.3) is 0 Å². The van der Waals surface area contributed by atoms with Crippen LogP contribution >= 0.6 is 12.2 Å². The number of benzene rings is 1. The third-order valence-corrected chi connectivity index (χ3v) is 5.56. The molecule has 6 heteroatoms. The van der Waals surface area contributed by atoms with Crippen LogP contribution in [0.5, 0.6) is 0 Å². The third kappa shape index (κ3) is 4.24. The number of rotatable bonds is 5. The van der Waals surface area contributed by atoms with Gasteiger partial charge in [-0.2, -0.15) is 5.10 Å². The second-order valence-electron chi connectivity index (χ2n) is 6.78.